The quantitative estimate of drug-likeness (QED) is 0.755. The lowest BCUT2D eigenvalue weighted by Crippen LogP contribution is -2.67. The fourth-order valence-corrected chi connectivity index (χ4v) is 3.69. The molecule has 18 heavy (non-hydrogen) atoms. The van der Waals surface area contributed by atoms with E-state index in [9.17, 15) is 4.79 Å². The molecule has 3 rings (SSSR count). The van der Waals surface area contributed by atoms with E-state index < -0.39 is 5.54 Å². The monoisotopic (exact) mass is 251 g/mol. The lowest BCUT2D eigenvalue weighted by Gasteiger charge is -2.50. The van der Waals surface area contributed by atoms with Gasteiger partial charge in [-0.05, 0) is 45.6 Å². The second-order valence-corrected chi connectivity index (χ2v) is 6.46. The summed E-state index contributed by atoms with van der Waals surface area (Å²) in [6, 6.07) is 0.912. The van der Waals surface area contributed by atoms with Crippen LogP contribution in [0.15, 0.2) is 0 Å². The summed E-state index contributed by atoms with van der Waals surface area (Å²) >= 11 is 0. The Kier molecular flexibility index (Phi) is 3.10. The minimum absolute atomic E-state index is 0.214. The second-order valence-electron chi connectivity index (χ2n) is 6.46. The maximum Gasteiger partial charge on any atom is 0.242 e. The minimum atomic E-state index is -0.523. The first kappa shape index (κ1) is 12.4. The molecule has 2 N–H and O–H groups in total. The van der Waals surface area contributed by atoms with Gasteiger partial charge in [0.1, 0.15) is 0 Å². The smallest absolute Gasteiger partial charge is 0.242 e. The van der Waals surface area contributed by atoms with Crippen molar-refractivity contribution < 1.29 is 4.79 Å². The van der Waals surface area contributed by atoms with Crippen LogP contribution in [0.2, 0.25) is 0 Å². The first-order valence-corrected chi connectivity index (χ1v) is 7.44. The third kappa shape index (κ3) is 1.95. The molecule has 0 aromatic heterocycles. The highest BCUT2D eigenvalue weighted by molar-refractivity contribution is 5.87. The van der Waals surface area contributed by atoms with E-state index in [0.29, 0.717) is 12.1 Å². The van der Waals surface area contributed by atoms with Gasteiger partial charge in [-0.2, -0.15) is 0 Å². The van der Waals surface area contributed by atoms with Crippen molar-refractivity contribution in [1.82, 2.24) is 9.80 Å². The van der Waals surface area contributed by atoms with Gasteiger partial charge in [-0.1, -0.05) is 6.42 Å². The average molecular weight is 251 g/mol. The SMILES string of the molecule is CC1CN2CCCCC2CN1C(=O)C1(N)CCC1. The molecule has 1 saturated carbocycles. The van der Waals surface area contributed by atoms with Crippen LogP contribution in [0.5, 0.6) is 0 Å². The molecule has 2 saturated heterocycles. The Morgan fingerprint density at radius 3 is 2.67 bits per heavy atom. The van der Waals surface area contributed by atoms with Crippen molar-refractivity contribution in [2.75, 3.05) is 19.6 Å². The molecule has 0 radical (unpaired) electrons. The predicted molar refractivity (Wildman–Crippen MR) is 71.2 cm³/mol. The lowest BCUT2D eigenvalue weighted by molar-refractivity contribution is -0.147. The number of nitrogens with zero attached hydrogens (tertiary/aromatic N) is 2. The number of carbonyl (C=O) groups is 1. The van der Waals surface area contributed by atoms with Crippen molar-refractivity contribution in [3.63, 3.8) is 0 Å². The van der Waals surface area contributed by atoms with Crippen LogP contribution in [0.1, 0.15) is 45.4 Å². The van der Waals surface area contributed by atoms with Crippen molar-refractivity contribution in [3.8, 4) is 0 Å². The first-order valence-electron chi connectivity index (χ1n) is 7.44. The number of fused-ring (bicyclic) bond motifs is 1. The normalized spacial score (nSPS) is 35.8. The van der Waals surface area contributed by atoms with Crippen molar-refractivity contribution in [3.05, 3.63) is 0 Å². The summed E-state index contributed by atoms with van der Waals surface area (Å²) in [6.45, 7) is 5.32. The van der Waals surface area contributed by atoms with Crippen LogP contribution in [-0.4, -0.2) is 53.0 Å². The van der Waals surface area contributed by atoms with Gasteiger partial charge >= 0.3 is 0 Å². The highest BCUT2D eigenvalue weighted by Gasteiger charge is 2.46. The Bertz CT molecular complexity index is 340. The maximum atomic E-state index is 12.6. The summed E-state index contributed by atoms with van der Waals surface area (Å²) in [5.41, 5.74) is 5.68. The van der Waals surface area contributed by atoms with Crippen LogP contribution >= 0.6 is 0 Å². The summed E-state index contributed by atoms with van der Waals surface area (Å²) in [6.07, 6.45) is 6.74. The first-order chi connectivity index (χ1) is 8.60. The third-order valence-electron chi connectivity index (χ3n) is 5.12. The molecule has 2 unspecified atom stereocenters. The predicted octanol–water partition coefficient (Wildman–Crippen LogP) is 0.953. The second kappa shape index (κ2) is 4.49. The third-order valence-corrected chi connectivity index (χ3v) is 5.12. The Labute approximate surface area is 109 Å². The van der Waals surface area contributed by atoms with Crippen molar-refractivity contribution in [2.45, 2.75) is 63.1 Å². The van der Waals surface area contributed by atoms with Crippen LogP contribution in [0.25, 0.3) is 0 Å². The minimum Gasteiger partial charge on any atom is -0.336 e. The fraction of sp³-hybridized carbons (Fsp3) is 0.929. The van der Waals surface area contributed by atoms with Gasteiger partial charge in [0, 0.05) is 25.2 Å². The van der Waals surface area contributed by atoms with Gasteiger partial charge in [0.2, 0.25) is 5.91 Å². The Balaban J connectivity index is 1.70. The molecule has 1 amide bonds. The molecule has 2 atom stereocenters. The van der Waals surface area contributed by atoms with Crippen LogP contribution in [0.3, 0.4) is 0 Å². The molecule has 4 nitrogen and oxygen atoms in total. The molecule has 102 valence electrons. The van der Waals surface area contributed by atoms with Gasteiger partial charge < -0.3 is 10.6 Å². The number of hydrogen-bond acceptors (Lipinski definition) is 3. The molecule has 4 heteroatoms. The largest absolute Gasteiger partial charge is 0.336 e. The van der Waals surface area contributed by atoms with Gasteiger partial charge in [-0.15, -0.1) is 0 Å². The van der Waals surface area contributed by atoms with Crippen LogP contribution in [0, 0.1) is 0 Å². The zero-order valence-corrected chi connectivity index (χ0v) is 11.4. The number of nitrogens with two attached hydrogens (primary N) is 1. The Hall–Kier alpha value is -0.610. The average Bonchev–Trinajstić information content (AvgIpc) is 2.34. The molecular formula is C14H25N3O. The van der Waals surface area contributed by atoms with Crippen LogP contribution < -0.4 is 5.73 Å². The number of piperazine rings is 1. The van der Waals surface area contributed by atoms with E-state index in [1.54, 1.807) is 0 Å². The van der Waals surface area contributed by atoms with Crippen LogP contribution in [0.4, 0.5) is 0 Å². The molecule has 2 heterocycles. The van der Waals surface area contributed by atoms with Gasteiger partial charge in [-0.25, -0.2) is 0 Å². The molecule has 1 aliphatic carbocycles. The fourth-order valence-electron chi connectivity index (χ4n) is 3.69. The lowest BCUT2D eigenvalue weighted by atomic mass is 9.76. The molecule has 3 aliphatic rings. The molecule has 0 aromatic rings. The van der Waals surface area contributed by atoms with Gasteiger partial charge in [0.15, 0.2) is 0 Å². The van der Waals surface area contributed by atoms with Crippen molar-refractivity contribution in [1.29, 1.82) is 0 Å². The number of rotatable bonds is 1. The highest BCUT2D eigenvalue weighted by Crippen LogP contribution is 2.33. The zero-order chi connectivity index (χ0) is 12.8. The Morgan fingerprint density at radius 1 is 1.22 bits per heavy atom. The summed E-state index contributed by atoms with van der Waals surface area (Å²) in [5, 5.41) is 0. The summed E-state index contributed by atoms with van der Waals surface area (Å²) in [5.74, 6) is 0.214. The topological polar surface area (TPSA) is 49.6 Å². The molecule has 0 bridgehead atoms. The van der Waals surface area contributed by atoms with E-state index >= 15 is 0 Å². The van der Waals surface area contributed by atoms with E-state index in [0.717, 1.165) is 32.4 Å². The number of amides is 1. The van der Waals surface area contributed by atoms with E-state index in [4.69, 9.17) is 5.73 Å². The van der Waals surface area contributed by atoms with E-state index in [1.807, 2.05) is 0 Å². The number of carbonyl (C=O) groups excluding carboxylic acids is 1. The zero-order valence-electron chi connectivity index (χ0n) is 11.4. The standard InChI is InChI=1S/C14H25N3O/c1-11-9-16-8-3-2-5-12(16)10-17(11)13(18)14(15)6-4-7-14/h11-12H,2-10,15H2,1H3. The summed E-state index contributed by atoms with van der Waals surface area (Å²) < 4.78 is 0. The molecular weight excluding hydrogens is 226 g/mol. The van der Waals surface area contributed by atoms with E-state index in [1.165, 1.54) is 25.8 Å². The van der Waals surface area contributed by atoms with E-state index in [2.05, 4.69) is 16.7 Å². The van der Waals surface area contributed by atoms with Gasteiger partial charge in [-0.3, -0.25) is 9.69 Å². The number of piperidine rings is 1. The maximum absolute atomic E-state index is 12.6. The van der Waals surface area contributed by atoms with Crippen molar-refractivity contribution >= 4 is 5.91 Å². The summed E-state index contributed by atoms with van der Waals surface area (Å²) in [4.78, 5) is 17.2. The highest BCUT2D eigenvalue weighted by atomic mass is 16.2. The molecule has 3 fully saturated rings. The van der Waals surface area contributed by atoms with E-state index in [-0.39, 0.29) is 5.91 Å². The van der Waals surface area contributed by atoms with Gasteiger partial charge in [0.25, 0.3) is 0 Å². The van der Waals surface area contributed by atoms with Gasteiger partial charge in [0.05, 0.1) is 5.54 Å². The summed E-state index contributed by atoms with van der Waals surface area (Å²) in [7, 11) is 0. The van der Waals surface area contributed by atoms with Crippen LogP contribution in [-0.2, 0) is 4.79 Å². The van der Waals surface area contributed by atoms with Crippen molar-refractivity contribution in [2.24, 2.45) is 5.73 Å². The Morgan fingerprint density at radius 2 is 2.00 bits per heavy atom. The molecule has 0 spiro atoms. The molecule has 2 aliphatic heterocycles. The molecule has 0 aromatic carbocycles. The number of hydrogen-bond donors (Lipinski definition) is 1.